The minimum atomic E-state index is 0. The zero-order chi connectivity index (χ0) is 16.1. The van der Waals surface area contributed by atoms with Crippen LogP contribution in [0.3, 0.4) is 0 Å². The monoisotopic (exact) mass is 444 g/mol. The van der Waals surface area contributed by atoms with E-state index in [9.17, 15) is 5.11 Å². The van der Waals surface area contributed by atoms with Gasteiger partial charge in [0.1, 0.15) is 5.75 Å². The summed E-state index contributed by atoms with van der Waals surface area (Å²) in [6.45, 7) is 4.68. The number of aliphatic imine (C=N–C) groups is 1. The summed E-state index contributed by atoms with van der Waals surface area (Å²) in [7, 11) is 1.86. The Morgan fingerprint density at radius 1 is 1.21 bits per heavy atom. The van der Waals surface area contributed by atoms with Crippen LogP contribution in [-0.4, -0.2) is 55.7 Å². The van der Waals surface area contributed by atoms with Crippen LogP contribution in [0.5, 0.6) is 5.75 Å². The Balaban J connectivity index is 0.00000208. The molecule has 0 bridgehead atoms. The van der Waals surface area contributed by atoms with Crippen molar-refractivity contribution in [1.82, 2.24) is 10.2 Å². The molecule has 2 fully saturated rings. The Kier molecular flexibility index (Phi) is 7.45. The summed E-state index contributed by atoms with van der Waals surface area (Å²) in [6.07, 6.45) is 5.46. The van der Waals surface area contributed by atoms with Crippen molar-refractivity contribution < 1.29 is 5.11 Å². The van der Waals surface area contributed by atoms with Gasteiger partial charge in [0.25, 0.3) is 0 Å². The molecular formula is C18H29IN4O. The minimum Gasteiger partial charge on any atom is -0.506 e. The van der Waals surface area contributed by atoms with Crippen molar-refractivity contribution in [1.29, 1.82) is 0 Å². The Morgan fingerprint density at radius 3 is 2.54 bits per heavy atom. The van der Waals surface area contributed by atoms with Crippen LogP contribution in [0, 0.1) is 5.92 Å². The van der Waals surface area contributed by atoms with E-state index < -0.39 is 0 Å². The number of nitrogens with one attached hydrogen (secondary N) is 1. The van der Waals surface area contributed by atoms with E-state index in [1.807, 2.05) is 25.2 Å². The molecule has 0 unspecified atom stereocenters. The summed E-state index contributed by atoms with van der Waals surface area (Å²) in [5, 5.41) is 13.5. The molecule has 1 heterocycles. The van der Waals surface area contributed by atoms with E-state index in [-0.39, 0.29) is 24.0 Å². The molecule has 1 saturated heterocycles. The first-order valence-corrected chi connectivity index (χ1v) is 8.76. The van der Waals surface area contributed by atoms with Gasteiger partial charge in [0.2, 0.25) is 0 Å². The molecule has 6 heteroatoms. The van der Waals surface area contributed by atoms with E-state index in [0.717, 1.165) is 50.3 Å². The van der Waals surface area contributed by atoms with Crippen LogP contribution < -0.4 is 10.2 Å². The van der Waals surface area contributed by atoms with Crippen LogP contribution in [0.4, 0.5) is 5.69 Å². The zero-order valence-electron chi connectivity index (χ0n) is 14.4. The molecule has 2 aliphatic rings. The number of nitrogens with zero attached hydrogens (tertiary/aromatic N) is 3. The summed E-state index contributed by atoms with van der Waals surface area (Å²) in [4.78, 5) is 8.98. The number of aromatic hydroxyl groups is 1. The van der Waals surface area contributed by atoms with Crippen LogP contribution in [0.2, 0.25) is 0 Å². The van der Waals surface area contributed by atoms with E-state index in [1.165, 1.54) is 25.7 Å². The fourth-order valence-corrected chi connectivity index (χ4v) is 3.22. The number of benzene rings is 1. The molecule has 0 amide bonds. The molecule has 0 radical (unpaired) electrons. The van der Waals surface area contributed by atoms with Crippen molar-refractivity contribution in [3.63, 3.8) is 0 Å². The van der Waals surface area contributed by atoms with E-state index >= 15 is 0 Å². The summed E-state index contributed by atoms with van der Waals surface area (Å²) >= 11 is 0. The second-order valence-electron chi connectivity index (χ2n) is 6.52. The van der Waals surface area contributed by atoms with Crippen LogP contribution >= 0.6 is 24.0 Å². The highest BCUT2D eigenvalue weighted by molar-refractivity contribution is 14.0. The molecule has 1 saturated carbocycles. The van der Waals surface area contributed by atoms with Crippen LogP contribution in [0.25, 0.3) is 0 Å². The highest BCUT2D eigenvalue weighted by Crippen LogP contribution is 2.33. The quantitative estimate of drug-likeness (QED) is 0.318. The van der Waals surface area contributed by atoms with Crippen molar-refractivity contribution in [3.8, 4) is 5.75 Å². The van der Waals surface area contributed by atoms with E-state index in [4.69, 9.17) is 0 Å². The number of para-hydroxylation sites is 2. The first-order valence-electron chi connectivity index (χ1n) is 8.76. The number of piperazine rings is 1. The van der Waals surface area contributed by atoms with Crippen molar-refractivity contribution in [2.75, 3.05) is 44.7 Å². The molecular weight excluding hydrogens is 415 g/mol. The Bertz CT molecular complexity index is 540. The third kappa shape index (κ3) is 5.16. The average molecular weight is 444 g/mol. The molecule has 134 valence electrons. The third-order valence-corrected chi connectivity index (χ3v) is 4.78. The summed E-state index contributed by atoms with van der Waals surface area (Å²) < 4.78 is 0. The minimum absolute atomic E-state index is 0. The lowest BCUT2D eigenvalue weighted by Crippen LogP contribution is -2.52. The van der Waals surface area contributed by atoms with Gasteiger partial charge in [0.15, 0.2) is 5.96 Å². The maximum absolute atomic E-state index is 9.99. The second-order valence-corrected chi connectivity index (χ2v) is 6.52. The Hall–Kier alpha value is -1.18. The number of rotatable bonds is 5. The molecule has 1 aromatic carbocycles. The molecule has 24 heavy (non-hydrogen) atoms. The molecule has 3 rings (SSSR count). The number of halogens is 1. The van der Waals surface area contributed by atoms with Gasteiger partial charge in [-0.2, -0.15) is 0 Å². The fourth-order valence-electron chi connectivity index (χ4n) is 3.22. The van der Waals surface area contributed by atoms with Crippen molar-refractivity contribution in [3.05, 3.63) is 24.3 Å². The molecule has 1 aliphatic heterocycles. The van der Waals surface area contributed by atoms with Crippen LogP contribution in [-0.2, 0) is 0 Å². The normalized spacial score (nSPS) is 18.3. The third-order valence-electron chi connectivity index (χ3n) is 4.78. The van der Waals surface area contributed by atoms with E-state index in [1.54, 1.807) is 6.07 Å². The summed E-state index contributed by atoms with van der Waals surface area (Å²) in [5.74, 6) is 2.38. The topological polar surface area (TPSA) is 51.1 Å². The molecule has 1 aromatic rings. The van der Waals surface area contributed by atoms with Crippen LogP contribution in [0.1, 0.15) is 25.7 Å². The first kappa shape index (κ1) is 19.1. The van der Waals surface area contributed by atoms with Crippen LogP contribution in [0.15, 0.2) is 29.3 Å². The zero-order valence-corrected chi connectivity index (χ0v) is 16.8. The van der Waals surface area contributed by atoms with Gasteiger partial charge in [-0.25, -0.2) is 0 Å². The molecule has 1 aliphatic carbocycles. The predicted molar refractivity (Wildman–Crippen MR) is 111 cm³/mol. The Morgan fingerprint density at radius 2 is 1.92 bits per heavy atom. The summed E-state index contributed by atoms with van der Waals surface area (Å²) in [5.41, 5.74) is 0.930. The highest BCUT2D eigenvalue weighted by atomic mass is 127. The van der Waals surface area contributed by atoms with Gasteiger partial charge >= 0.3 is 0 Å². The molecule has 0 atom stereocenters. The Labute approximate surface area is 162 Å². The maximum atomic E-state index is 9.99. The number of phenols is 1. The number of hydrogen-bond acceptors (Lipinski definition) is 3. The van der Waals surface area contributed by atoms with E-state index in [0.29, 0.717) is 5.75 Å². The van der Waals surface area contributed by atoms with Crippen molar-refractivity contribution in [2.24, 2.45) is 10.9 Å². The van der Waals surface area contributed by atoms with Gasteiger partial charge in [-0.1, -0.05) is 25.0 Å². The molecule has 0 spiro atoms. The van der Waals surface area contributed by atoms with Gasteiger partial charge < -0.3 is 20.2 Å². The van der Waals surface area contributed by atoms with Crippen molar-refractivity contribution in [2.45, 2.75) is 25.7 Å². The summed E-state index contributed by atoms with van der Waals surface area (Å²) in [6, 6.07) is 7.57. The highest BCUT2D eigenvalue weighted by Gasteiger charge is 2.22. The lowest BCUT2D eigenvalue weighted by molar-refractivity contribution is 0.369. The van der Waals surface area contributed by atoms with Crippen molar-refractivity contribution >= 4 is 35.6 Å². The van der Waals surface area contributed by atoms with Gasteiger partial charge in [-0.05, 0) is 30.9 Å². The fraction of sp³-hybridized carbons (Fsp3) is 0.611. The number of hydrogen-bond donors (Lipinski definition) is 2. The van der Waals surface area contributed by atoms with Gasteiger partial charge in [0, 0.05) is 39.8 Å². The predicted octanol–water partition coefficient (Wildman–Crippen LogP) is 2.90. The standard InChI is InChI=1S/C18H28N4O.HI/c1-19-18(20-10-4-5-15-8-9-15)22-13-11-21(12-14-22)16-6-2-3-7-17(16)23;/h2-3,6-7,15,23H,4-5,8-14H2,1H3,(H,19,20);1H. The number of anilines is 1. The SMILES string of the molecule is CN=C(NCCCC1CC1)N1CCN(c2ccccc2O)CC1.I. The second kappa shape index (κ2) is 9.34. The maximum Gasteiger partial charge on any atom is 0.193 e. The van der Waals surface area contributed by atoms with Gasteiger partial charge in [-0.3, -0.25) is 4.99 Å². The lowest BCUT2D eigenvalue weighted by Gasteiger charge is -2.37. The van der Waals surface area contributed by atoms with Gasteiger partial charge in [-0.15, -0.1) is 24.0 Å². The smallest absolute Gasteiger partial charge is 0.193 e. The molecule has 0 aromatic heterocycles. The molecule has 5 nitrogen and oxygen atoms in total. The van der Waals surface area contributed by atoms with Gasteiger partial charge in [0.05, 0.1) is 5.69 Å². The number of phenolic OH excluding ortho intramolecular Hbond substituents is 1. The number of guanidine groups is 1. The average Bonchev–Trinajstić information content (AvgIpc) is 3.40. The molecule has 2 N–H and O–H groups in total. The largest absolute Gasteiger partial charge is 0.506 e. The van der Waals surface area contributed by atoms with E-state index in [2.05, 4.69) is 20.1 Å². The lowest BCUT2D eigenvalue weighted by atomic mass is 10.2. The first-order chi connectivity index (χ1) is 11.3.